The molecule has 20 heavy (non-hydrogen) atoms. The molecule has 1 aliphatic heterocycles. The molecule has 1 heterocycles. The van der Waals surface area contributed by atoms with Crippen LogP contribution in [-0.4, -0.2) is 35.9 Å². The largest absolute Gasteiger partial charge is 0.481 e. The fourth-order valence-corrected chi connectivity index (χ4v) is 3.37. The smallest absolute Gasteiger partial charge is 0.314 e. The zero-order valence-corrected chi connectivity index (χ0v) is 11.9. The molecular formula is C14H18N2O3S. The van der Waals surface area contributed by atoms with Gasteiger partial charge in [-0.2, -0.15) is 0 Å². The summed E-state index contributed by atoms with van der Waals surface area (Å²) in [6.45, 7) is 0.989. The molecule has 0 saturated carbocycles. The van der Waals surface area contributed by atoms with Crippen molar-refractivity contribution in [3.63, 3.8) is 0 Å². The summed E-state index contributed by atoms with van der Waals surface area (Å²) in [5.74, 6) is 0.492. The van der Waals surface area contributed by atoms with E-state index in [1.807, 2.05) is 23.9 Å². The van der Waals surface area contributed by atoms with Gasteiger partial charge in [0.1, 0.15) is 0 Å². The maximum atomic E-state index is 11.6. The first kappa shape index (κ1) is 14.7. The van der Waals surface area contributed by atoms with Crippen LogP contribution < -0.4 is 10.6 Å². The molecule has 2 amide bonds. The lowest BCUT2D eigenvalue weighted by atomic mass is 10.0. The molecular weight excluding hydrogens is 276 g/mol. The summed E-state index contributed by atoms with van der Waals surface area (Å²) in [7, 11) is 0. The minimum Gasteiger partial charge on any atom is -0.481 e. The number of carboxylic acids is 1. The Labute approximate surface area is 122 Å². The average Bonchev–Trinajstić information content (AvgIpc) is 2.84. The summed E-state index contributed by atoms with van der Waals surface area (Å²) >= 11 is 1.82. The van der Waals surface area contributed by atoms with Crippen LogP contribution >= 0.6 is 11.8 Å². The summed E-state index contributed by atoms with van der Waals surface area (Å²) in [6.07, 6.45) is 0.526. The number of carbonyl (C=O) groups is 2. The molecule has 1 aromatic rings. The Morgan fingerprint density at radius 1 is 1.30 bits per heavy atom. The Bertz CT molecular complexity index is 493. The lowest BCUT2D eigenvalue weighted by Crippen LogP contribution is -2.38. The molecule has 0 aliphatic carbocycles. The van der Waals surface area contributed by atoms with Gasteiger partial charge in [0.15, 0.2) is 0 Å². The van der Waals surface area contributed by atoms with E-state index in [1.54, 1.807) is 0 Å². The number of aliphatic carboxylic acids is 1. The second-order valence-electron chi connectivity index (χ2n) is 4.68. The number of thioether (sulfide) groups is 1. The van der Waals surface area contributed by atoms with E-state index in [9.17, 15) is 9.59 Å². The van der Waals surface area contributed by atoms with E-state index < -0.39 is 5.97 Å². The summed E-state index contributed by atoms with van der Waals surface area (Å²) in [5.41, 5.74) is 1.30. The normalized spacial score (nSPS) is 16.5. The quantitative estimate of drug-likeness (QED) is 0.702. The second kappa shape index (κ2) is 7.19. The molecule has 0 aromatic heterocycles. The molecule has 108 valence electrons. The second-order valence-corrected chi connectivity index (χ2v) is 5.74. The number of amides is 2. The predicted octanol–water partition coefficient (Wildman–Crippen LogP) is 2.04. The third-order valence-electron chi connectivity index (χ3n) is 3.16. The van der Waals surface area contributed by atoms with Crippen LogP contribution in [0.3, 0.4) is 0 Å². The Hall–Kier alpha value is -1.69. The number of hydrogen-bond donors (Lipinski definition) is 3. The lowest BCUT2D eigenvalue weighted by Gasteiger charge is -2.12. The Morgan fingerprint density at radius 2 is 2.10 bits per heavy atom. The van der Waals surface area contributed by atoms with E-state index in [-0.39, 0.29) is 12.5 Å². The molecule has 6 heteroatoms. The molecule has 2 rings (SSSR count). The Balaban J connectivity index is 1.68. The minimum atomic E-state index is -0.841. The van der Waals surface area contributed by atoms with Crippen molar-refractivity contribution in [1.82, 2.24) is 10.6 Å². The van der Waals surface area contributed by atoms with Gasteiger partial charge in [-0.05, 0) is 18.1 Å². The third-order valence-corrected chi connectivity index (χ3v) is 4.41. The zero-order valence-electron chi connectivity index (χ0n) is 11.1. The Kier molecular flexibility index (Phi) is 5.29. The number of fused-ring (bicyclic) bond motifs is 1. The molecule has 1 atom stereocenters. The van der Waals surface area contributed by atoms with Gasteiger partial charge in [0, 0.05) is 36.1 Å². The molecule has 1 aromatic carbocycles. The number of nitrogens with one attached hydrogen (secondary N) is 2. The summed E-state index contributed by atoms with van der Waals surface area (Å²) in [4.78, 5) is 23.2. The minimum absolute atomic E-state index is 0.0763. The average molecular weight is 294 g/mol. The van der Waals surface area contributed by atoms with Gasteiger partial charge in [0.25, 0.3) is 0 Å². The van der Waals surface area contributed by atoms with Gasteiger partial charge in [0.2, 0.25) is 0 Å². The van der Waals surface area contributed by atoms with Crippen LogP contribution in [0.2, 0.25) is 0 Å². The van der Waals surface area contributed by atoms with Crippen LogP contribution in [0.25, 0.3) is 0 Å². The highest BCUT2D eigenvalue weighted by Crippen LogP contribution is 2.38. The monoisotopic (exact) mass is 294 g/mol. The molecule has 0 radical (unpaired) electrons. The SMILES string of the molecule is O=C(O)CCCNC(=O)NCC1CSc2ccccc21. The Morgan fingerprint density at radius 3 is 2.90 bits per heavy atom. The van der Waals surface area contributed by atoms with Crippen molar-refractivity contribution in [3.05, 3.63) is 29.8 Å². The van der Waals surface area contributed by atoms with Gasteiger partial charge in [0.05, 0.1) is 0 Å². The van der Waals surface area contributed by atoms with Gasteiger partial charge in [-0.25, -0.2) is 4.79 Å². The maximum Gasteiger partial charge on any atom is 0.314 e. The number of carbonyl (C=O) groups excluding carboxylic acids is 1. The highest BCUT2D eigenvalue weighted by Gasteiger charge is 2.22. The van der Waals surface area contributed by atoms with Gasteiger partial charge in [-0.3, -0.25) is 4.79 Å². The number of rotatable bonds is 6. The van der Waals surface area contributed by atoms with E-state index in [4.69, 9.17) is 5.11 Å². The number of hydrogen-bond acceptors (Lipinski definition) is 3. The molecule has 3 N–H and O–H groups in total. The van der Waals surface area contributed by atoms with E-state index >= 15 is 0 Å². The van der Waals surface area contributed by atoms with E-state index in [2.05, 4.69) is 22.8 Å². The summed E-state index contributed by atoms with van der Waals surface area (Å²) in [5, 5.41) is 14.0. The van der Waals surface area contributed by atoms with Crippen LogP contribution in [-0.2, 0) is 4.79 Å². The maximum absolute atomic E-state index is 11.6. The van der Waals surface area contributed by atoms with Gasteiger partial charge < -0.3 is 15.7 Å². The lowest BCUT2D eigenvalue weighted by molar-refractivity contribution is -0.137. The fourth-order valence-electron chi connectivity index (χ4n) is 2.12. The molecule has 1 unspecified atom stereocenters. The number of carboxylic acid groups (broad SMARTS) is 1. The zero-order chi connectivity index (χ0) is 14.4. The van der Waals surface area contributed by atoms with Crippen molar-refractivity contribution in [2.24, 2.45) is 0 Å². The van der Waals surface area contributed by atoms with Gasteiger partial charge in [-0.15, -0.1) is 11.8 Å². The van der Waals surface area contributed by atoms with Crippen molar-refractivity contribution >= 4 is 23.8 Å². The number of urea groups is 1. The third kappa shape index (κ3) is 4.16. The van der Waals surface area contributed by atoms with Crippen LogP contribution in [0.4, 0.5) is 4.79 Å². The van der Waals surface area contributed by atoms with Crippen molar-refractivity contribution in [1.29, 1.82) is 0 Å². The van der Waals surface area contributed by atoms with E-state index in [0.717, 1.165) is 5.75 Å². The molecule has 0 bridgehead atoms. The topological polar surface area (TPSA) is 78.4 Å². The predicted molar refractivity (Wildman–Crippen MR) is 78.2 cm³/mol. The standard InChI is InChI=1S/C14H18N2O3S/c17-13(18)6-3-7-15-14(19)16-8-10-9-20-12-5-2-1-4-11(10)12/h1-2,4-5,10H,3,6-9H2,(H,17,18)(H2,15,16,19). The molecule has 0 fully saturated rings. The fraction of sp³-hybridized carbons (Fsp3) is 0.429. The van der Waals surface area contributed by atoms with Crippen LogP contribution in [0.1, 0.15) is 24.3 Å². The first-order chi connectivity index (χ1) is 9.66. The first-order valence-corrected chi connectivity index (χ1v) is 7.60. The first-order valence-electron chi connectivity index (χ1n) is 6.62. The highest BCUT2D eigenvalue weighted by molar-refractivity contribution is 7.99. The molecule has 5 nitrogen and oxygen atoms in total. The molecule has 0 saturated heterocycles. The molecule has 0 spiro atoms. The summed E-state index contributed by atoms with van der Waals surface area (Å²) in [6, 6.07) is 8.02. The van der Waals surface area contributed by atoms with Gasteiger partial charge >= 0.3 is 12.0 Å². The highest BCUT2D eigenvalue weighted by atomic mass is 32.2. The van der Waals surface area contributed by atoms with E-state index in [0.29, 0.717) is 25.4 Å². The van der Waals surface area contributed by atoms with Crippen LogP contribution in [0, 0.1) is 0 Å². The summed E-state index contributed by atoms with van der Waals surface area (Å²) < 4.78 is 0. The number of benzene rings is 1. The van der Waals surface area contributed by atoms with Crippen molar-refractivity contribution in [2.75, 3.05) is 18.8 Å². The van der Waals surface area contributed by atoms with Crippen molar-refractivity contribution in [2.45, 2.75) is 23.7 Å². The molecule has 1 aliphatic rings. The van der Waals surface area contributed by atoms with Crippen LogP contribution in [0.15, 0.2) is 29.2 Å². The van der Waals surface area contributed by atoms with Crippen molar-refractivity contribution < 1.29 is 14.7 Å². The van der Waals surface area contributed by atoms with E-state index in [1.165, 1.54) is 10.5 Å². The van der Waals surface area contributed by atoms with Crippen molar-refractivity contribution in [3.8, 4) is 0 Å². The van der Waals surface area contributed by atoms with Crippen LogP contribution in [0.5, 0.6) is 0 Å². The van der Waals surface area contributed by atoms with Gasteiger partial charge in [-0.1, -0.05) is 18.2 Å².